The smallest absolute Gasteiger partial charge is 0.124 e. The van der Waals surface area contributed by atoms with Crippen molar-refractivity contribution in [2.24, 2.45) is 5.92 Å². The first kappa shape index (κ1) is 14.0. The van der Waals surface area contributed by atoms with E-state index in [2.05, 4.69) is 29.9 Å². The molecule has 2 unspecified atom stereocenters. The minimum absolute atomic E-state index is 0.590. The summed E-state index contributed by atoms with van der Waals surface area (Å²) in [7, 11) is 0. The van der Waals surface area contributed by atoms with Crippen molar-refractivity contribution in [3.05, 3.63) is 11.8 Å². The van der Waals surface area contributed by atoms with Crippen molar-refractivity contribution in [3.63, 3.8) is 0 Å². The van der Waals surface area contributed by atoms with Gasteiger partial charge in [0.2, 0.25) is 0 Å². The zero-order chi connectivity index (χ0) is 13.9. The van der Waals surface area contributed by atoms with E-state index < -0.39 is 0 Å². The molecule has 20 heavy (non-hydrogen) atoms. The fourth-order valence-electron chi connectivity index (χ4n) is 4.04. The van der Waals surface area contributed by atoms with Crippen LogP contribution in [0.25, 0.3) is 0 Å². The Hall–Kier alpha value is -0.990. The van der Waals surface area contributed by atoms with Crippen LogP contribution >= 0.6 is 0 Å². The number of rotatable bonds is 4. The van der Waals surface area contributed by atoms with Crippen LogP contribution in [0.2, 0.25) is 0 Å². The summed E-state index contributed by atoms with van der Waals surface area (Å²) >= 11 is 0. The molecule has 0 amide bonds. The molecule has 1 aliphatic heterocycles. The first-order valence-corrected chi connectivity index (χ1v) is 8.63. The summed E-state index contributed by atoms with van der Waals surface area (Å²) in [6.45, 7) is 5.69. The van der Waals surface area contributed by atoms with Crippen molar-refractivity contribution in [1.82, 2.24) is 9.78 Å². The highest BCUT2D eigenvalue weighted by molar-refractivity contribution is 5.40. The number of fused-ring (bicyclic) bond motifs is 1. The van der Waals surface area contributed by atoms with Crippen molar-refractivity contribution >= 4 is 5.82 Å². The molecular weight excluding hydrogens is 246 g/mol. The highest BCUT2D eigenvalue weighted by Crippen LogP contribution is 2.39. The molecule has 2 atom stereocenters. The van der Waals surface area contributed by atoms with E-state index in [1.165, 1.54) is 62.9 Å². The number of nitrogens with one attached hydrogen (secondary N) is 1. The van der Waals surface area contributed by atoms with Crippen LogP contribution in [0.3, 0.4) is 0 Å². The Morgan fingerprint density at radius 1 is 1.30 bits per heavy atom. The van der Waals surface area contributed by atoms with E-state index in [0.29, 0.717) is 12.0 Å². The van der Waals surface area contributed by atoms with Gasteiger partial charge in [-0.05, 0) is 31.6 Å². The molecule has 1 saturated carbocycles. The average Bonchev–Trinajstić information content (AvgIpc) is 2.92. The van der Waals surface area contributed by atoms with Crippen molar-refractivity contribution < 1.29 is 0 Å². The van der Waals surface area contributed by atoms with Crippen LogP contribution in [0.4, 0.5) is 5.82 Å². The highest BCUT2D eigenvalue weighted by atomic mass is 15.4. The summed E-state index contributed by atoms with van der Waals surface area (Å²) in [5, 5.41) is 8.53. The number of aromatic nitrogens is 2. The van der Waals surface area contributed by atoms with Crippen LogP contribution in [-0.4, -0.2) is 16.3 Å². The molecule has 0 bridgehead atoms. The molecule has 112 valence electrons. The lowest BCUT2D eigenvalue weighted by atomic mass is 9.82. The summed E-state index contributed by atoms with van der Waals surface area (Å²) in [4.78, 5) is 0. The molecular formula is C17H29N3. The third-order valence-corrected chi connectivity index (χ3v) is 5.24. The second-order valence-electron chi connectivity index (χ2n) is 6.77. The van der Waals surface area contributed by atoms with E-state index in [1.807, 2.05) is 0 Å². The lowest BCUT2D eigenvalue weighted by Crippen LogP contribution is -2.30. The summed E-state index contributed by atoms with van der Waals surface area (Å²) in [6, 6.07) is 2.95. The van der Waals surface area contributed by atoms with E-state index in [0.717, 1.165) is 12.5 Å². The summed E-state index contributed by atoms with van der Waals surface area (Å²) in [6.07, 6.45) is 10.8. The molecule has 1 aromatic rings. The summed E-state index contributed by atoms with van der Waals surface area (Å²) < 4.78 is 2.33. The van der Waals surface area contributed by atoms with Crippen LogP contribution in [0.5, 0.6) is 0 Å². The number of hydrogen-bond acceptors (Lipinski definition) is 2. The normalized spacial score (nSPS) is 25.0. The van der Waals surface area contributed by atoms with E-state index in [-0.39, 0.29) is 0 Å². The summed E-state index contributed by atoms with van der Waals surface area (Å²) in [5.41, 5.74) is 1.29. The first-order chi connectivity index (χ1) is 9.79. The maximum Gasteiger partial charge on any atom is 0.124 e. The zero-order valence-corrected chi connectivity index (χ0v) is 13.1. The molecule has 0 saturated heterocycles. The Kier molecular flexibility index (Phi) is 4.32. The number of nitrogens with zero attached hydrogens (tertiary/aromatic N) is 2. The summed E-state index contributed by atoms with van der Waals surface area (Å²) in [5.74, 6) is 2.72. The molecule has 0 aromatic carbocycles. The number of hydrogen-bond donors (Lipinski definition) is 1. The lowest BCUT2D eigenvalue weighted by Gasteiger charge is -2.34. The van der Waals surface area contributed by atoms with Gasteiger partial charge in [0.15, 0.2) is 0 Å². The van der Waals surface area contributed by atoms with Gasteiger partial charge < -0.3 is 5.32 Å². The Morgan fingerprint density at radius 3 is 2.85 bits per heavy atom. The topological polar surface area (TPSA) is 29.9 Å². The minimum atomic E-state index is 0.590. The maximum absolute atomic E-state index is 4.98. The fourth-order valence-corrected chi connectivity index (χ4v) is 4.04. The Morgan fingerprint density at radius 2 is 2.10 bits per heavy atom. The standard InChI is InChI=1S/C17H29N3/c1-3-7-13(2)15-12-17-18-11-10-16(20(17)19-15)14-8-5-4-6-9-14/h12-14,16,18H,3-11H2,1-2H3. The molecule has 1 fully saturated rings. The predicted octanol–water partition coefficient (Wildman–Crippen LogP) is 4.72. The van der Waals surface area contributed by atoms with Crippen LogP contribution < -0.4 is 5.32 Å². The van der Waals surface area contributed by atoms with Crippen molar-refractivity contribution in [2.45, 2.75) is 77.2 Å². The molecule has 3 rings (SSSR count). The molecule has 0 spiro atoms. The lowest BCUT2D eigenvalue weighted by molar-refractivity contribution is 0.221. The molecule has 0 radical (unpaired) electrons. The molecule has 2 aliphatic rings. The number of anilines is 1. The van der Waals surface area contributed by atoms with Crippen molar-refractivity contribution in [3.8, 4) is 0 Å². The van der Waals surface area contributed by atoms with Gasteiger partial charge in [0.1, 0.15) is 5.82 Å². The van der Waals surface area contributed by atoms with Gasteiger partial charge in [-0.25, -0.2) is 4.68 Å². The second kappa shape index (κ2) is 6.19. The van der Waals surface area contributed by atoms with Gasteiger partial charge >= 0.3 is 0 Å². The van der Waals surface area contributed by atoms with Gasteiger partial charge in [-0.2, -0.15) is 5.10 Å². The minimum Gasteiger partial charge on any atom is -0.370 e. The largest absolute Gasteiger partial charge is 0.370 e. The first-order valence-electron chi connectivity index (χ1n) is 8.63. The Labute approximate surface area is 123 Å². The Bertz CT molecular complexity index is 431. The van der Waals surface area contributed by atoms with Crippen molar-refractivity contribution in [1.29, 1.82) is 0 Å². The van der Waals surface area contributed by atoms with Crippen LogP contribution in [0.15, 0.2) is 6.07 Å². The average molecular weight is 275 g/mol. The molecule has 2 heterocycles. The molecule has 3 nitrogen and oxygen atoms in total. The SMILES string of the molecule is CCCC(C)c1cc2n(n1)C(C1CCCCC1)CCN2. The molecule has 1 aliphatic carbocycles. The second-order valence-corrected chi connectivity index (χ2v) is 6.77. The van der Waals surface area contributed by atoms with Gasteiger partial charge in [0.25, 0.3) is 0 Å². The molecule has 1 N–H and O–H groups in total. The third kappa shape index (κ3) is 2.72. The van der Waals surface area contributed by atoms with Gasteiger partial charge in [0, 0.05) is 18.5 Å². The van der Waals surface area contributed by atoms with Gasteiger partial charge in [-0.15, -0.1) is 0 Å². The van der Waals surface area contributed by atoms with Crippen LogP contribution in [0.1, 0.15) is 82.9 Å². The fraction of sp³-hybridized carbons (Fsp3) is 0.824. The van der Waals surface area contributed by atoms with Crippen molar-refractivity contribution in [2.75, 3.05) is 11.9 Å². The van der Waals surface area contributed by atoms with Gasteiger partial charge in [0.05, 0.1) is 11.7 Å². The van der Waals surface area contributed by atoms with Gasteiger partial charge in [-0.3, -0.25) is 0 Å². The highest BCUT2D eigenvalue weighted by Gasteiger charge is 2.30. The van der Waals surface area contributed by atoms with E-state index in [1.54, 1.807) is 0 Å². The third-order valence-electron chi connectivity index (χ3n) is 5.24. The van der Waals surface area contributed by atoms with Crippen LogP contribution in [0, 0.1) is 5.92 Å². The van der Waals surface area contributed by atoms with Gasteiger partial charge in [-0.1, -0.05) is 39.5 Å². The maximum atomic E-state index is 4.98. The van der Waals surface area contributed by atoms with E-state index in [4.69, 9.17) is 5.10 Å². The zero-order valence-electron chi connectivity index (χ0n) is 13.1. The van der Waals surface area contributed by atoms with E-state index >= 15 is 0 Å². The molecule has 1 aromatic heterocycles. The quantitative estimate of drug-likeness (QED) is 0.861. The van der Waals surface area contributed by atoms with E-state index in [9.17, 15) is 0 Å². The monoisotopic (exact) mass is 275 g/mol. The molecule has 3 heteroatoms. The predicted molar refractivity (Wildman–Crippen MR) is 84.3 cm³/mol. The Balaban J connectivity index is 1.80. The van der Waals surface area contributed by atoms with Crippen LogP contribution in [-0.2, 0) is 0 Å².